The van der Waals surface area contributed by atoms with Crippen LogP contribution < -0.4 is 0 Å². The van der Waals surface area contributed by atoms with E-state index in [1.807, 2.05) is 6.07 Å². The van der Waals surface area contributed by atoms with Crippen molar-refractivity contribution in [3.63, 3.8) is 0 Å². The van der Waals surface area contributed by atoms with E-state index in [0.717, 1.165) is 4.68 Å². The normalized spacial score (nSPS) is 41.2. The lowest BCUT2D eigenvalue weighted by Gasteiger charge is -2.48. The molecule has 10 N–H and O–H groups in total. The summed E-state index contributed by atoms with van der Waals surface area (Å²) in [7, 11) is 0. The minimum absolute atomic E-state index is 0.0220. The van der Waals surface area contributed by atoms with Crippen molar-refractivity contribution < 1.29 is 79.5 Å². The molecular formula is C27H40N4O16. The number of ether oxygens (including phenoxy) is 6. The van der Waals surface area contributed by atoms with Crippen molar-refractivity contribution >= 4 is 0 Å². The maximum Gasteiger partial charge on any atom is 0.187 e. The standard InChI is InChI=1S/C27H40N4O16/c32-6-13-16(35)19(38)20(39)26(44-13)47-24-18(37)15(8-34)45-27(22(24)41)46-23-17(36)14(7-33)43-25(21(23)40)31-5-12(29-30-31)10-42-9-11-3-1-2-4-28-11/h1-5,13-27,32-41H,6-10H2/t13-,14-,15-,16-,17-,18-,19+,20-,21-,22-,23+,24+,25-,26+,27+/m1/s1. The Bertz CT molecular complexity index is 1250. The van der Waals surface area contributed by atoms with Crippen LogP contribution in [0.2, 0.25) is 0 Å². The van der Waals surface area contributed by atoms with E-state index in [1.54, 1.807) is 18.3 Å². The third-order valence-electron chi connectivity index (χ3n) is 8.14. The number of hydrogen-bond acceptors (Lipinski definition) is 19. The first-order chi connectivity index (χ1) is 22.6. The SMILES string of the molecule is OC[C@H]1O[C@@H](O[C@@H]2[C@@H](O)[C@H](O[C@@H]3[C@@H](O)[C@H](n4cc(COCc5ccccn5)nn4)O[C@H](CO)[C@H]3O)O[C@H](CO)[C@H]2O)[C@H](O)[C@@H](O)[C@@H]1O. The van der Waals surface area contributed by atoms with E-state index < -0.39 is 112 Å². The highest BCUT2D eigenvalue weighted by atomic mass is 16.7. The minimum Gasteiger partial charge on any atom is -0.394 e. The van der Waals surface area contributed by atoms with Gasteiger partial charge in [-0.05, 0) is 12.1 Å². The van der Waals surface area contributed by atoms with E-state index in [-0.39, 0.29) is 13.2 Å². The van der Waals surface area contributed by atoms with Gasteiger partial charge in [0.2, 0.25) is 0 Å². The number of aliphatic hydroxyl groups is 10. The highest BCUT2D eigenvalue weighted by Crippen LogP contribution is 2.34. The summed E-state index contributed by atoms with van der Waals surface area (Å²) in [6.45, 7) is -2.11. The van der Waals surface area contributed by atoms with Gasteiger partial charge in [-0.15, -0.1) is 5.10 Å². The van der Waals surface area contributed by atoms with Crippen LogP contribution >= 0.6 is 0 Å². The fraction of sp³-hybridized carbons (Fsp3) is 0.741. The Labute approximate surface area is 266 Å². The Morgan fingerprint density at radius 2 is 1.21 bits per heavy atom. The molecule has 0 amide bonds. The highest BCUT2D eigenvalue weighted by Gasteiger charge is 2.54. The fourth-order valence-corrected chi connectivity index (χ4v) is 5.51. The van der Waals surface area contributed by atoms with Crippen LogP contribution in [0.3, 0.4) is 0 Å². The van der Waals surface area contributed by atoms with Crippen LogP contribution in [0.25, 0.3) is 0 Å². The van der Waals surface area contributed by atoms with Gasteiger partial charge in [0.15, 0.2) is 18.8 Å². The lowest BCUT2D eigenvalue weighted by Crippen LogP contribution is -2.66. The van der Waals surface area contributed by atoms with E-state index in [1.165, 1.54) is 6.20 Å². The minimum atomic E-state index is -1.94. The molecule has 0 saturated carbocycles. The molecule has 264 valence electrons. The Morgan fingerprint density at radius 3 is 1.83 bits per heavy atom. The van der Waals surface area contributed by atoms with Crippen LogP contribution in [0.1, 0.15) is 17.6 Å². The number of rotatable bonds is 12. The monoisotopic (exact) mass is 676 g/mol. The van der Waals surface area contributed by atoms with Crippen molar-refractivity contribution in [3.8, 4) is 0 Å². The van der Waals surface area contributed by atoms with Gasteiger partial charge in [-0.1, -0.05) is 11.3 Å². The number of pyridine rings is 1. The lowest BCUT2D eigenvalue weighted by atomic mass is 9.95. The van der Waals surface area contributed by atoms with E-state index in [9.17, 15) is 51.1 Å². The summed E-state index contributed by atoms with van der Waals surface area (Å²) in [5, 5.41) is 112. The molecule has 20 nitrogen and oxygen atoms in total. The van der Waals surface area contributed by atoms with Crippen molar-refractivity contribution in [3.05, 3.63) is 42.0 Å². The van der Waals surface area contributed by atoms with Gasteiger partial charge in [-0.25, -0.2) is 4.68 Å². The van der Waals surface area contributed by atoms with Crippen LogP contribution in [0.5, 0.6) is 0 Å². The van der Waals surface area contributed by atoms with Crippen LogP contribution in [0, 0.1) is 0 Å². The quantitative estimate of drug-likeness (QED) is 0.100. The summed E-state index contributed by atoms with van der Waals surface area (Å²) >= 11 is 0. The van der Waals surface area contributed by atoms with Crippen LogP contribution in [0.15, 0.2) is 30.6 Å². The molecule has 0 spiro atoms. The Kier molecular flexibility index (Phi) is 12.2. The number of aromatic nitrogens is 4. The van der Waals surface area contributed by atoms with E-state index >= 15 is 0 Å². The Morgan fingerprint density at radius 1 is 0.638 bits per heavy atom. The molecule has 20 heteroatoms. The van der Waals surface area contributed by atoms with E-state index in [2.05, 4.69) is 15.3 Å². The smallest absolute Gasteiger partial charge is 0.187 e. The molecule has 3 aliphatic heterocycles. The average Bonchev–Trinajstić information content (AvgIpc) is 3.55. The highest BCUT2D eigenvalue weighted by molar-refractivity contribution is 5.02. The first-order valence-corrected chi connectivity index (χ1v) is 14.8. The van der Waals surface area contributed by atoms with Crippen molar-refractivity contribution in [1.29, 1.82) is 0 Å². The molecule has 5 rings (SSSR count). The molecule has 3 fully saturated rings. The molecule has 15 atom stereocenters. The molecule has 47 heavy (non-hydrogen) atoms. The van der Waals surface area contributed by atoms with Gasteiger partial charge in [0.25, 0.3) is 0 Å². The van der Waals surface area contributed by atoms with Crippen LogP contribution in [-0.4, -0.2) is 177 Å². The molecule has 0 bridgehead atoms. The van der Waals surface area contributed by atoms with Gasteiger partial charge in [0.05, 0.1) is 44.9 Å². The lowest BCUT2D eigenvalue weighted by molar-refractivity contribution is -0.376. The molecular weight excluding hydrogens is 636 g/mol. The molecule has 2 aromatic rings. The number of hydrogen-bond donors (Lipinski definition) is 10. The van der Waals surface area contributed by atoms with Gasteiger partial charge in [0, 0.05) is 6.20 Å². The molecule has 0 aliphatic carbocycles. The van der Waals surface area contributed by atoms with Crippen LogP contribution in [-0.2, 0) is 41.6 Å². The summed E-state index contributed by atoms with van der Waals surface area (Å²) in [5.41, 5.74) is 1.04. The summed E-state index contributed by atoms with van der Waals surface area (Å²) in [5.74, 6) is 0. The van der Waals surface area contributed by atoms with Crippen molar-refractivity contribution in [2.45, 2.75) is 105 Å². The fourth-order valence-electron chi connectivity index (χ4n) is 5.51. The molecule has 3 saturated heterocycles. The molecule has 0 aromatic carbocycles. The van der Waals surface area contributed by atoms with E-state index in [0.29, 0.717) is 11.4 Å². The van der Waals surface area contributed by atoms with Gasteiger partial charge in [0.1, 0.15) is 78.9 Å². The topological polar surface area (TPSA) is 301 Å². The Hall–Kier alpha value is -2.35. The van der Waals surface area contributed by atoms with Gasteiger partial charge < -0.3 is 79.5 Å². The summed E-state index contributed by atoms with van der Waals surface area (Å²) < 4.78 is 34.6. The zero-order chi connectivity index (χ0) is 33.8. The van der Waals surface area contributed by atoms with Crippen molar-refractivity contribution in [2.75, 3.05) is 19.8 Å². The first-order valence-electron chi connectivity index (χ1n) is 14.8. The third-order valence-corrected chi connectivity index (χ3v) is 8.14. The average molecular weight is 677 g/mol. The molecule has 2 aromatic heterocycles. The second-order valence-corrected chi connectivity index (χ2v) is 11.3. The predicted octanol–water partition coefficient (Wildman–Crippen LogP) is -5.99. The number of nitrogens with zero attached hydrogens (tertiary/aromatic N) is 4. The van der Waals surface area contributed by atoms with Gasteiger partial charge in [-0.3, -0.25) is 4.98 Å². The molecule has 3 aliphatic rings. The maximum atomic E-state index is 11.2. The maximum absolute atomic E-state index is 11.2. The molecule has 0 radical (unpaired) electrons. The summed E-state index contributed by atoms with van der Waals surface area (Å²) in [6, 6.07) is 5.36. The summed E-state index contributed by atoms with van der Waals surface area (Å²) in [4.78, 5) is 4.16. The van der Waals surface area contributed by atoms with Crippen molar-refractivity contribution in [2.24, 2.45) is 0 Å². The number of aliphatic hydroxyl groups excluding tert-OH is 10. The zero-order valence-electron chi connectivity index (χ0n) is 24.8. The predicted molar refractivity (Wildman–Crippen MR) is 147 cm³/mol. The second-order valence-electron chi connectivity index (χ2n) is 11.3. The first kappa shape index (κ1) is 35.9. The van der Waals surface area contributed by atoms with Gasteiger partial charge in [-0.2, -0.15) is 0 Å². The van der Waals surface area contributed by atoms with E-state index in [4.69, 9.17) is 28.4 Å². The second kappa shape index (κ2) is 15.9. The van der Waals surface area contributed by atoms with Crippen LogP contribution in [0.4, 0.5) is 0 Å². The third kappa shape index (κ3) is 7.78. The molecule has 0 unspecified atom stereocenters. The summed E-state index contributed by atoms with van der Waals surface area (Å²) in [6.07, 6.45) is -22.0. The Balaban J connectivity index is 1.29. The molecule has 5 heterocycles. The van der Waals surface area contributed by atoms with Crippen molar-refractivity contribution in [1.82, 2.24) is 20.0 Å². The zero-order valence-corrected chi connectivity index (χ0v) is 24.8. The van der Waals surface area contributed by atoms with Gasteiger partial charge >= 0.3 is 0 Å². The largest absolute Gasteiger partial charge is 0.394 e.